The Hall–Kier alpha value is -1.68. The summed E-state index contributed by atoms with van der Waals surface area (Å²) in [6, 6.07) is 9.99. The van der Waals surface area contributed by atoms with Crippen LogP contribution >= 0.6 is 0 Å². The normalized spacial score (nSPS) is 46.9. The monoisotopic (exact) mass is 449 g/mol. The van der Waals surface area contributed by atoms with Gasteiger partial charge in [-0.2, -0.15) is 0 Å². The number of hydrogen-bond acceptors (Lipinski definition) is 4. The second-order valence-corrected chi connectivity index (χ2v) is 12.5. The Morgan fingerprint density at radius 2 is 1.79 bits per heavy atom. The van der Waals surface area contributed by atoms with E-state index >= 15 is 0 Å². The molecule has 33 heavy (non-hydrogen) atoms. The van der Waals surface area contributed by atoms with E-state index in [0.29, 0.717) is 35.4 Å². The summed E-state index contributed by atoms with van der Waals surface area (Å²) >= 11 is 0. The van der Waals surface area contributed by atoms with Gasteiger partial charge in [0.2, 0.25) is 0 Å². The lowest BCUT2D eigenvalue weighted by Crippen LogP contribution is -2.63. The molecule has 6 rings (SSSR count). The van der Waals surface area contributed by atoms with Crippen LogP contribution in [0.25, 0.3) is 0 Å². The van der Waals surface area contributed by atoms with Crippen molar-refractivity contribution < 1.29 is 14.3 Å². The van der Waals surface area contributed by atoms with Crippen LogP contribution in [0, 0.1) is 34.5 Å². The molecule has 0 unspecified atom stereocenters. The molecule has 4 heteroatoms. The molecule has 178 valence electrons. The predicted molar refractivity (Wildman–Crippen MR) is 127 cm³/mol. The van der Waals surface area contributed by atoms with E-state index in [9.17, 15) is 9.59 Å². The van der Waals surface area contributed by atoms with Crippen LogP contribution in [0.3, 0.4) is 0 Å². The molecule has 0 radical (unpaired) electrons. The van der Waals surface area contributed by atoms with Gasteiger partial charge in [0.15, 0.2) is 0 Å². The van der Waals surface area contributed by atoms with E-state index in [2.05, 4.69) is 31.3 Å². The van der Waals surface area contributed by atoms with Gasteiger partial charge in [-0.15, -0.1) is 0 Å². The average molecular weight is 450 g/mol. The lowest BCUT2D eigenvalue weighted by molar-refractivity contribution is -0.193. The Labute approximate surface area is 198 Å². The van der Waals surface area contributed by atoms with E-state index in [1.165, 1.54) is 24.8 Å². The van der Waals surface area contributed by atoms with Gasteiger partial charge in [0.1, 0.15) is 17.4 Å². The fourth-order valence-corrected chi connectivity index (χ4v) is 9.05. The first kappa shape index (κ1) is 21.8. The lowest BCUT2D eigenvalue weighted by Gasteiger charge is -2.62. The van der Waals surface area contributed by atoms with E-state index in [-0.39, 0.29) is 23.0 Å². The number of carbonyl (C=O) groups excluding carboxylic acids is 2. The van der Waals surface area contributed by atoms with Gasteiger partial charge in [-0.1, -0.05) is 44.2 Å². The summed E-state index contributed by atoms with van der Waals surface area (Å²) in [7, 11) is 0. The molecule has 8 atom stereocenters. The van der Waals surface area contributed by atoms with Crippen LogP contribution in [0.4, 0.5) is 0 Å². The van der Waals surface area contributed by atoms with Crippen LogP contribution in [-0.2, 0) is 20.7 Å². The van der Waals surface area contributed by atoms with Crippen molar-refractivity contribution in [1.29, 1.82) is 0 Å². The number of Topliss-reactive ketones (excluding diaryl/α,β-unsaturated/α-hetero) is 1. The molecule has 0 aromatic heterocycles. The zero-order chi connectivity index (χ0) is 22.8. The van der Waals surface area contributed by atoms with Crippen molar-refractivity contribution in [3.8, 4) is 0 Å². The number of rotatable bonds is 2. The highest BCUT2D eigenvalue weighted by Crippen LogP contribution is 2.66. The number of benzene rings is 1. The first-order chi connectivity index (χ1) is 15.8. The molecule has 4 nitrogen and oxygen atoms in total. The molecule has 0 bridgehead atoms. The minimum Gasteiger partial charge on any atom is -0.457 e. The molecule has 1 heterocycles. The highest BCUT2D eigenvalue weighted by atomic mass is 16.6. The van der Waals surface area contributed by atoms with Gasteiger partial charge in [-0.3, -0.25) is 9.59 Å². The van der Waals surface area contributed by atoms with Gasteiger partial charge in [0.25, 0.3) is 0 Å². The largest absolute Gasteiger partial charge is 0.457 e. The van der Waals surface area contributed by atoms with Gasteiger partial charge >= 0.3 is 5.97 Å². The predicted octanol–water partition coefficient (Wildman–Crippen LogP) is 5.09. The Kier molecular flexibility index (Phi) is 5.07. The second-order valence-electron chi connectivity index (χ2n) is 12.5. The van der Waals surface area contributed by atoms with Crippen molar-refractivity contribution in [2.24, 2.45) is 34.5 Å². The van der Waals surface area contributed by atoms with E-state index in [1.807, 2.05) is 18.2 Å². The van der Waals surface area contributed by atoms with Crippen LogP contribution in [-0.4, -0.2) is 29.9 Å². The Balaban J connectivity index is 1.15. The quantitative estimate of drug-likeness (QED) is 0.639. The SMILES string of the molecule is C[C@]12CC[C@]3(CN[C@H](Cc4ccccc4)C(=O)O3)C[C@@H]1CC[C@@H]1[C@@H]2CC[C@]2(C)C(=O)CC[C@@H]12. The standard InChI is InChI=1S/C29H39NO3/c1-27-14-15-29(18-30-24(26(32)33-29)16-19-6-4-3-5-7-19)17-20(27)8-9-21-22-10-11-25(31)28(22,2)13-12-23(21)27/h3-7,20-24,30H,8-18H2,1-2H3/t20-,21-,22-,23-,24+,27-,28-,29+/m0/s1. The third-order valence-corrected chi connectivity index (χ3v) is 11.1. The molecule has 1 N–H and O–H groups in total. The van der Waals surface area contributed by atoms with Crippen molar-refractivity contribution in [2.45, 2.75) is 89.7 Å². The van der Waals surface area contributed by atoms with Gasteiger partial charge in [-0.25, -0.2) is 0 Å². The molecule has 1 aromatic rings. The molecular formula is C29H39NO3. The van der Waals surface area contributed by atoms with Gasteiger partial charge in [0, 0.05) is 18.4 Å². The van der Waals surface area contributed by atoms with Gasteiger partial charge in [-0.05, 0) is 92.4 Å². The first-order valence-corrected chi connectivity index (χ1v) is 13.4. The molecule has 1 saturated heterocycles. The molecule has 4 saturated carbocycles. The summed E-state index contributed by atoms with van der Waals surface area (Å²) in [4.78, 5) is 25.7. The van der Waals surface area contributed by atoms with E-state index in [4.69, 9.17) is 4.74 Å². The number of morpholine rings is 1. The second kappa shape index (κ2) is 7.66. The molecule has 5 aliphatic rings. The van der Waals surface area contributed by atoms with E-state index in [0.717, 1.165) is 51.0 Å². The number of carbonyl (C=O) groups is 2. The number of hydrogen-bond donors (Lipinski definition) is 1. The molecule has 0 amide bonds. The summed E-state index contributed by atoms with van der Waals surface area (Å²) in [6.07, 6.45) is 10.5. The van der Waals surface area contributed by atoms with Crippen LogP contribution < -0.4 is 5.32 Å². The van der Waals surface area contributed by atoms with Crippen molar-refractivity contribution in [3.05, 3.63) is 35.9 Å². The first-order valence-electron chi connectivity index (χ1n) is 13.4. The third-order valence-electron chi connectivity index (χ3n) is 11.1. The molecule has 1 aromatic carbocycles. The minimum atomic E-state index is -0.326. The molecule has 5 fully saturated rings. The number of ether oxygens (including phenoxy) is 1. The number of fused-ring (bicyclic) bond motifs is 5. The fourth-order valence-electron chi connectivity index (χ4n) is 9.05. The van der Waals surface area contributed by atoms with Crippen molar-refractivity contribution in [2.75, 3.05) is 6.54 Å². The van der Waals surface area contributed by atoms with E-state index < -0.39 is 0 Å². The topological polar surface area (TPSA) is 55.4 Å². The van der Waals surface area contributed by atoms with Gasteiger partial charge < -0.3 is 10.1 Å². The number of ketones is 1. The third kappa shape index (κ3) is 3.34. The Morgan fingerprint density at radius 1 is 0.970 bits per heavy atom. The molecule has 1 aliphatic heterocycles. The highest BCUT2D eigenvalue weighted by Gasteiger charge is 2.62. The molecule has 4 aliphatic carbocycles. The maximum atomic E-state index is 13.0. The summed E-state index contributed by atoms with van der Waals surface area (Å²) in [5.74, 6) is 3.13. The average Bonchev–Trinajstić information content (AvgIpc) is 3.12. The van der Waals surface area contributed by atoms with Crippen molar-refractivity contribution in [1.82, 2.24) is 5.32 Å². The number of nitrogens with one attached hydrogen (secondary N) is 1. The van der Waals surface area contributed by atoms with Crippen LogP contribution in [0.2, 0.25) is 0 Å². The van der Waals surface area contributed by atoms with Crippen LogP contribution in [0.5, 0.6) is 0 Å². The summed E-state index contributed by atoms with van der Waals surface area (Å²) in [5.41, 5.74) is 1.13. The van der Waals surface area contributed by atoms with E-state index in [1.54, 1.807) is 0 Å². The van der Waals surface area contributed by atoms with Crippen molar-refractivity contribution in [3.63, 3.8) is 0 Å². The smallest absolute Gasteiger partial charge is 0.324 e. The van der Waals surface area contributed by atoms with Crippen molar-refractivity contribution >= 4 is 11.8 Å². The number of esters is 1. The Bertz CT molecular complexity index is 945. The summed E-state index contributed by atoms with van der Waals surface area (Å²) < 4.78 is 6.28. The summed E-state index contributed by atoms with van der Waals surface area (Å²) in [5, 5.41) is 3.57. The summed E-state index contributed by atoms with van der Waals surface area (Å²) in [6.45, 7) is 5.59. The maximum absolute atomic E-state index is 13.0. The van der Waals surface area contributed by atoms with Gasteiger partial charge in [0.05, 0.1) is 0 Å². The minimum absolute atomic E-state index is 0.0448. The van der Waals surface area contributed by atoms with Crippen LogP contribution in [0.15, 0.2) is 30.3 Å². The molecule has 1 spiro atoms. The van der Waals surface area contributed by atoms with Crippen LogP contribution in [0.1, 0.15) is 77.2 Å². The molecular weight excluding hydrogens is 410 g/mol. The lowest BCUT2D eigenvalue weighted by atomic mass is 9.44. The fraction of sp³-hybridized carbons (Fsp3) is 0.724. The maximum Gasteiger partial charge on any atom is 0.324 e. The highest BCUT2D eigenvalue weighted by molar-refractivity contribution is 5.87. The Morgan fingerprint density at radius 3 is 2.58 bits per heavy atom. The zero-order valence-electron chi connectivity index (χ0n) is 20.3. The zero-order valence-corrected chi connectivity index (χ0v) is 20.3.